The molecule has 0 bridgehead atoms. The van der Waals surface area contributed by atoms with E-state index in [-0.39, 0.29) is 0 Å². The van der Waals surface area contributed by atoms with Crippen LogP contribution < -0.4 is 0 Å². The Hall–Kier alpha value is -2.20. The van der Waals surface area contributed by atoms with E-state index in [2.05, 4.69) is 9.97 Å². The van der Waals surface area contributed by atoms with Gasteiger partial charge in [-0.15, -0.1) is 0 Å². The highest BCUT2D eigenvalue weighted by molar-refractivity contribution is 5.77. The van der Waals surface area contributed by atoms with E-state index in [0.717, 1.165) is 22.4 Å². The van der Waals surface area contributed by atoms with E-state index < -0.39 is 6.10 Å². The Morgan fingerprint density at radius 3 is 2.78 bits per heavy atom. The first kappa shape index (κ1) is 10.9. The summed E-state index contributed by atoms with van der Waals surface area (Å²) in [6, 6.07) is 11.6. The smallest absolute Gasteiger partial charge is 0.144 e. The summed E-state index contributed by atoms with van der Waals surface area (Å²) < 4.78 is 1.90. The lowest BCUT2D eigenvalue weighted by molar-refractivity contribution is 0.198. The Morgan fingerprint density at radius 2 is 1.94 bits per heavy atom. The summed E-state index contributed by atoms with van der Waals surface area (Å²) in [5.41, 5.74) is 2.69. The zero-order valence-corrected chi connectivity index (χ0v) is 9.99. The fraction of sp³-hybridized carbons (Fsp3) is 0.143. The van der Waals surface area contributed by atoms with Gasteiger partial charge in [-0.25, -0.2) is 9.97 Å². The van der Waals surface area contributed by atoms with Gasteiger partial charge >= 0.3 is 0 Å². The normalized spacial score (nSPS) is 12.8. The number of hydrogen-bond acceptors (Lipinski definition) is 3. The maximum Gasteiger partial charge on any atom is 0.144 e. The zero-order valence-electron chi connectivity index (χ0n) is 9.99. The van der Waals surface area contributed by atoms with Crippen LogP contribution in [0.3, 0.4) is 0 Å². The number of nitrogens with zero attached hydrogens (tertiary/aromatic N) is 3. The number of aromatic nitrogens is 3. The van der Waals surface area contributed by atoms with Crippen LogP contribution in [0.1, 0.15) is 18.6 Å². The molecular formula is C14H13N3O. The number of benzene rings is 1. The highest BCUT2D eigenvalue weighted by Gasteiger charge is 2.12. The minimum atomic E-state index is -0.560. The van der Waals surface area contributed by atoms with Crippen molar-refractivity contribution in [3.8, 4) is 5.82 Å². The first-order chi connectivity index (χ1) is 8.77. The van der Waals surface area contributed by atoms with Crippen molar-refractivity contribution in [2.45, 2.75) is 13.0 Å². The number of hydrogen-bond donors (Lipinski definition) is 1. The van der Waals surface area contributed by atoms with Crippen LogP contribution in [0.4, 0.5) is 0 Å². The van der Waals surface area contributed by atoms with E-state index in [1.807, 2.05) is 41.0 Å². The van der Waals surface area contributed by atoms with Gasteiger partial charge in [0.15, 0.2) is 0 Å². The molecule has 0 fully saturated rings. The molecule has 1 atom stereocenters. The second-order valence-corrected chi connectivity index (χ2v) is 4.20. The van der Waals surface area contributed by atoms with Crippen molar-refractivity contribution in [1.29, 1.82) is 0 Å². The molecule has 3 rings (SSSR count). The molecule has 18 heavy (non-hydrogen) atoms. The van der Waals surface area contributed by atoms with Gasteiger partial charge < -0.3 is 5.11 Å². The van der Waals surface area contributed by atoms with Crippen LogP contribution in [0.15, 0.2) is 48.9 Å². The molecule has 0 saturated heterocycles. The molecule has 0 unspecified atom stereocenters. The lowest BCUT2D eigenvalue weighted by Gasteiger charge is -2.11. The maximum atomic E-state index is 9.80. The lowest BCUT2D eigenvalue weighted by Crippen LogP contribution is -2.03. The van der Waals surface area contributed by atoms with E-state index in [0.29, 0.717) is 0 Å². The van der Waals surface area contributed by atoms with Crippen molar-refractivity contribution < 1.29 is 5.11 Å². The third kappa shape index (κ3) is 1.67. The fourth-order valence-electron chi connectivity index (χ4n) is 2.06. The van der Waals surface area contributed by atoms with Gasteiger partial charge in [0.1, 0.15) is 12.1 Å². The van der Waals surface area contributed by atoms with Crippen LogP contribution in [0.25, 0.3) is 16.9 Å². The van der Waals surface area contributed by atoms with Crippen LogP contribution >= 0.6 is 0 Å². The second kappa shape index (κ2) is 4.23. The number of imidazole rings is 1. The third-order valence-electron chi connectivity index (χ3n) is 2.95. The minimum Gasteiger partial charge on any atom is -0.389 e. The molecular weight excluding hydrogens is 226 g/mol. The summed E-state index contributed by atoms with van der Waals surface area (Å²) in [4.78, 5) is 8.69. The zero-order chi connectivity index (χ0) is 12.5. The van der Waals surface area contributed by atoms with E-state index in [9.17, 15) is 5.11 Å². The maximum absolute atomic E-state index is 9.80. The molecule has 0 saturated carbocycles. The molecule has 0 amide bonds. The van der Waals surface area contributed by atoms with Crippen molar-refractivity contribution >= 4 is 11.0 Å². The number of aliphatic hydroxyl groups excluding tert-OH is 1. The van der Waals surface area contributed by atoms with Gasteiger partial charge in [-0.3, -0.25) is 4.57 Å². The quantitative estimate of drug-likeness (QED) is 0.747. The largest absolute Gasteiger partial charge is 0.389 e. The average molecular weight is 239 g/mol. The minimum absolute atomic E-state index is 0.560. The molecule has 90 valence electrons. The molecule has 2 aromatic heterocycles. The number of fused-ring (bicyclic) bond motifs is 1. The van der Waals surface area contributed by atoms with Gasteiger partial charge in [0, 0.05) is 11.8 Å². The Bertz CT molecular complexity index is 688. The molecule has 1 N–H and O–H groups in total. The summed E-state index contributed by atoms with van der Waals surface area (Å²) >= 11 is 0. The van der Waals surface area contributed by atoms with Gasteiger partial charge in [-0.05, 0) is 25.1 Å². The summed E-state index contributed by atoms with van der Waals surface area (Å²) in [6.45, 7) is 1.74. The molecule has 0 aliphatic carbocycles. The van der Waals surface area contributed by atoms with E-state index in [1.165, 1.54) is 0 Å². The summed E-state index contributed by atoms with van der Waals surface area (Å²) in [5.74, 6) is 0.723. The Morgan fingerprint density at radius 1 is 1.11 bits per heavy atom. The van der Waals surface area contributed by atoms with Crippen molar-refractivity contribution in [2.24, 2.45) is 0 Å². The molecule has 0 aliphatic heterocycles. The van der Waals surface area contributed by atoms with Crippen molar-refractivity contribution in [1.82, 2.24) is 14.5 Å². The fourth-order valence-corrected chi connectivity index (χ4v) is 2.06. The molecule has 3 aromatic rings. The lowest BCUT2D eigenvalue weighted by atomic mass is 10.1. The van der Waals surface area contributed by atoms with Gasteiger partial charge in [0.25, 0.3) is 0 Å². The van der Waals surface area contributed by atoms with Crippen molar-refractivity contribution in [2.75, 3.05) is 0 Å². The van der Waals surface area contributed by atoms with E-state index >= 15 is 0 Å². The second-order valence-electron chi connectivity index (χ2n) is 4.20. The standard InChI is InChI=1S/C14H13N3O/c1-10(18)11-5-4-8-15-14(11)17-9-16-12-6-2-3-7-13(12)17/h2-10,18H,1H3/t10-/m1/s1. The topological polar surface area (TPSA) is 50.9 Å². The summed E-state index contributed by atoms with van der Waals surface area (Å²) in [5, 5.41) is 9.80. The average Bonchev–Trinajstić information content (AvgIpc) is 2.82. The molecule has 0 radical (unpaired) electrons. The monoisotopic (exact) mass is 239 g/mol. The summed E-state index contributed by atoms with van der Waals surface area (Å²) in [7, 11) is 0. The number of rotatable bonds is 2. The van der Waals surface area contributed by atoms with Gasteiger partial charge in [-0.2, -0.15) is 0 Å². The van der Waals surface area contributed by atoms with Crippen molar-refractivity contribution in [3.63, 3.8) is 0 Å². The van der Waals surface area contributed by atoms with Gasteiger partial charge in [-0.1, -0.05) is 18.2 Å². The van der Waals surface area contributed by atoms with Crippen LogP contribution in [-0.2, 0) is 0 Å². The first-order valence-corrected chi connectivity index (χ1v) is 5.83. The van der Waals surface area contributed by atoms with Gasteiger partial charge in [0.2, 0.25) is 0 Å². The molecule has 2 heterocycles. The Kier molecular flexibility index (Phi) is 2.57. The Labute approximate surface area is 105 Å². The molecule has 0 aliphatic rings. The predicted molar refractivity (Wildman–Crippen MR) is 69.5 cm³/mol. The number of para-hydroxylation sites is 2. The van der Waals surface area contributed by atoms with Crippen LogP contribution in [0.2, 0.25) is 0 Å². The third-order valence-corrected chi connectivity index (χ3v) is 2.95. The van der Waals surface area contributed by atoms with Crippen LogP contribution in [0.5, 0.6) is 0 Å². The molecule has 4 nitrogen and oxygen atoms in total. The molecule has 0 spiro atoms. The highest BCUT2D eigenvalue weighted by Crippen LogP contribution is 2.22. The predicted octanol–water partition coefficient (Wildman–Crippen LogP) is 2.47. The van der Waals surface area contributed by atoms with Crippen LogP contribution in [-0.4, -0.2) is 19.6 Å². The van der Waals surface area contributed by atoms with E-state index in [1.54, 1.807) is 19.4 Å². The number of aliphatic hydroxyl groups is 1. The molecule has 1 aromatic carbocycles. The van der Waals surface area contributed by atoms with E-state index in [4.69, 9.17) is 0 Å². The summed E-state index contributed by atoms with van der Waals surface area (Å²) in [6.07, 6.45) is 2.89. The first-order valence-electron chi connectivity index (χ1n) is 5.83. The Balaban J connectivity index is 2.27. The van der Waals surface area contributed by atoms with Gasteiger partial charge in [0.05, 0.1) is 17.1 Å². The van der Waals surface area contributed by atoms with Crippen molar-refractivity contribution in [3.05, 3.63) is 54.5 Å². The SMILES string of the molecule is C[C@@H](O)c1cccnc1-n1cnc2ccccc21. The van der Waals surface area contributed by atoms with Crippen LogP contribution in [0, 0.1) is 0 Å². The number of pyridine rings is 1. The highest BCUT2D eigenvalue weighted by atomic mass is 16.3. The molecule has 4 heteroatoms.